The highest BCUT2D eigenvalue weighted by atomic mass is 16.3. The summed E-state index contributed by atoms with van der Waals surface area (Å²) in [5.41, 5.74) is -4.01. The highest BCUT2D eigenvalue weighted by molar-refractivity contribution is 6.33. The number of fused-ring (bicyclic) bond motifs is 4. The minimum Gasteiger partial charge on any atom is -0.507 e. The first-order chi connectivity index (χ1) is 22.4. The van der Waals surface area contributed by atoms with Crippen LogP contribution in [0, 0.1) is 34.5 Å². The summed E-state index contributed by atoms with van der Waals surface area (Å²) in [4.78, 5) is 69.5. The SMILES string of the molecule is C=C(Cc1ccc2c(c1O)C(=O)C1C(=O)[C@@]3(O)C(=O)C(C(C)=O)C(=O)C(C(C)C)[C@@]3(C)[C@H](O)[C@@]1(C)[C@@H]2C)Cc1cccc2ccccc12. The molecule has 0 saturated heterocycles. The smallest absolute Gasteiger partial charge is 0.191 e. The zero-order chi connectivity index (χ0) is 35.2. The van der Waals surface area contributed by atoms with Gasteiger partial charge in [0, 0.05) is 16.7 Å². The fourth-order valence-electron chi connectivity index (χ4n) is 9.59. The van der Waals surface area contributed by atoms with Gasteiger partial charge in [-0.05, 0) is 59.1 Å². The Kier molecular flexibility index (Phi) is 7.80. The zero-order valence-corrected chi connectivity index (χ0v) is 28.2. The van der Waals surface area contributed by atoms with Crippen molar-refractivity contribution >= 4 is 39.7 Å². The van der Waals surface area contributed by atoms with E-state index in [0.717, 1.165) is 28.8 Å². The van der Waals surface area contributed by atoms with E-state index < -0.39 is 81.0 Å². The number of allylic oxidation sites excluding steroid dienone is 1. The van der Waals surface area contributed by atoms with Crippen LogP contribution in [0.4, 0.5) is 0 Å². The van der Waals surface area contributed by atoms with E-state index in [2.05, 4.69) is 6.58 Å². The quantitative estimate of drug-likeness (QED) is 0.246. The molecule has 8 heteroatoms. The lowest BCUT2D eigenvalue weighted by molar-refractivity contribution is -0.240. The molecule has 2 saturated carbocycles. The number of aliphatic hydroxyl groups excluding tert-OH is 1. The average molecular weight is 651 g/mol. The summed E-state index contributed by atoms with van der Waals surface area (Å²) in [5.74, 6) is -11.3. The van der Waals surface area contributed by atoms with Gasteiger partial charge in [0.15, 0.2) is 28.7 Å². The van der Waals surface area contributed by atoms with Crippen molar-refractivity contribution in [3.05, 3.63) is 89.0 Å². The van der Waals surface area contributed by atoms with Crippen molar-refractivity contribution in [3.63, 3.8) is 0 Å². The number of aromatic hydroxyl groups is 1. The lowest BCUT2D eigenvalue weighted by Gasteiger charge is -2.65. The molecule has 8 nitrogen and oxygen atoms in total. The Bertz CT molecular complexity index is 1950. The lowest BCUT2D eigenvalue weighted by atomic mass is 9.37. The summed E-state index contributed by atoms with van der Waals surface area (Å²) in [5, 5.41) is 38.4. The van der Waals surface area contributed by atoms with Crippen molar-refractivity contribution in [2.24, 2.45) is 34.5 Å². The number of hydrogen-bond donors (Lipinski definition) is 3. The van der Waals surface area contributed by atoms with Gasteiger partial charge in [0.1, 0.15) is 17.5 Å². The van der Waals surface area contributed by atoms with Gasteiger partial charge in [0.05, 0.1) is 17.6 Å². The van der Waals surface area contributed by atoms with Crippen LogP contribution in [0.2, 0.25) is 0 Å². The van der Waals surface area contributed by atoms with E-state index in [1.54, 1.807) is 39.8 Å². The first-order valence-electron chi connectivity index (χ1n) is 16.5. The van der Waals surface area contributed by atoms with Crippen LogP contribution in [-0.2, 0) is 32.0 Å². The number of carbonyl (C=O) groups is 5. The molecule has 2 fully saturated rings. The topological polar surface area (TPSA) is 146 Å². The number of carbonyl (C=O) groups excluding carboxylic acids is 5. The number of phenols is 1. The number of hydrogen-bond acceptors (Lipinski definition) is 8. The van der Waals surface area contributed by atoms with Crippen LogP contribution in [0.3, 0.4) is 0 Å². The van der Waals surface area contributed by atoms with Crippen molar-refractivity contribution in [2.75, 3.05) is 0 Å². The maximum Gasteiger partial charge on any atom is 0.191 e. The van der Waals surface area contributed by atoms with Crippen molar-refractivity contribution in [1.29, 1.82) is 0 Å². The van der Waals surface area contributed by atoms with Crippen LogP contribution in [0.5, 0.6) is 5.75 Å². The number of phenolic OH excluding ortho intramolecular Hbond substituents is 1. The Balaban J connectivity index is 1.44. The Labute approximate surface area is 279 Å². The first kappa shape index (κ1) is 33.6. The Hall–Kier alpha value is -4.27. The molecule has 0 aliphatic heterocycles. The van der Waals surface area contributed by atoms with E-state index in [0.29, 0.717) is 17.5 Å². The van der Waals surface area contributed by atoms with Crippen molar-refractivity contribution < 1.29 is 39.3 Å². The van der Waals surface area contributed by atoms with E-state index in [9.17, 15) is 39.3 Å². The van der Waals surface area contributed by atoms with Crippen LogP contribution >= 0.6 is 0 Å². The van der Waals surface area contributed by atoms with Gasteiger partial charge in [0.25, 0.3) is 0 Å². The summed E-state index contributed by atoms with van der Waals surface area (Å²) < 4.78 is 0. The van der Waals surface area contributed by atoms with Gasteiger partial charge >= 0.3 is 0 Å². The zero-order valence-electron chi connectivity index (χ0n) is 28.2. The molecule has 0 spiro atoms. The largest absolute Gasteiger partial charge is 0.507 e. The van der Waals surface area contributed by atoms with Gasteiger partial charge in [-0.25, -0.2) is 0 Å². The number of aliphatic hydroxyl groups is 2. The Morgan fingerprint density at radius 2 is 1.54 bits per heavy atom. The second-order valence-corrected chi connectivity index (χ2v) is 15.0. The van der Waals surface area contributed by atoms with Gasteiger partial charge in [-0.2, -0.15) is 0 Å². The molecule has 0 bridgehead atoms. The van der Waals surface area contributed by atoms with Crippen LogP contribution in [0.25, 0.3) is 10.8 Å². The molecule has 8 atom stereocenters. The van der Waals surface area contributed by atoms with Crippen LogP contribution < -0.4 is 0 Å². The molecule has 3 aromatic rings. The van der Waals surface area contributed by atoms with Crippen molar-refractivity contribution in [1.82, 2.24) is 0 Å². The number of ketones is 5. The highest BCUT2D eigenvalue weighted by Crippen LogP contribution is 2.66. The van der Waals surface area contributed by atoms with Gasteiger partial charge < -0.3 is 15.3 Å². The van der Waals surface area contributed by atoms with E-state index in [4.69, 9.17) is 0 Å². The standard InChI is InChI=1S/C40H42O8/c1-19(2)30-33(43)28(22(5)41)35(45)40(48)36(46)31-34(44)29-26(21(4)38(31,6)37(47)39(30,40)7)16-15-25(32(29)42)18-20(3)17-24-13-10-12-23-11-8-9-14-27(23)24/h8-16,19,21,28,30-31,37,42,47-48H,3,17-18H2,1-2,4-7H3/t21-,28?,30?,31?,37-,38+,39+,40+/m1/s1. The first-order valence-corrected chi connectivity index (χ1v) is 16.5. The van der Waals surface area contributed by atoms with E-state index in [1.165, 1.54) is 6.92 Å². The predicted molar refractivity (Wildman–Crippen MR) is 180 cm³/mol. The van der Waals surface area contributed by atoms with Gasteiger partial charge in [-0.1, -0.05) is 101 Å². The minimum absolute atomic E-state index is 0.101. The minimum atomic E-state index is -3.00. The summed E-state index contributed by atoms with van der Waals surface area (Å²) in [6.07, 6.45) is -0.934. The van der Waals surface area contributed by atoms with Crippen LogP contribution in [-0.4, -0.2) is 55.9 Å². The summed E-state index contributed by atoms with van der Waals surface area (Å²) in [6, 6.07) is 17.5. The number of benzene rings is 3. The summed E-state index contributed by atoms with van der Waals surface area (Å²) in [7, 11) is 0. The second-order valence-electron chi connectivity index (χ2n) is 15.0. The molecule has 3 N–H and O–H groups in total. The highest BCUT2D eigenvalue weighted by Gasteiger charge is 2.80. The third kappa shape index (κ3) is 4.18. The fraction of sp³-hybridized carbons (Fsp3) is 0.425. The van der Waals surface area contributed by atoms with E-state index in [1.807, 2.05) is 42.5 Å². The van der Waals surface area contributed by atoms with Crippen molar-refractivity contribution in [3.8, 4) is 5.75 Å². The van der Waals surface area contributed by atoms with Crippen LogP contribution in [0.1, 0.15) is 74.5 Å². The molecular weight excluding hydrogens is 608 g/mol. The van der Waals surface area contributed by atoms with Crippen LogP contribution in [0.15, 0.2) is 66.7 Å². The molecule has 6 rings (SSSR count). The normalized spacial score (nSPS) is 33.0. The molecule has 48 heavy (non-hydrogen) atoms. The summed E-state index contributed by atoms with van der Waals surface area (Å²) in [6.45, 7) is 13.3. The number of Topliss-reactive ketones (excluding diaryl/α,β-unsaturated/α-hetero) is 5. The molecule has 0 amide bonds. The Morgan fingerprint density at radius 3 is 2.19 bits per heavy atom. The maximum atomic E-state index is 14.7. The molecule has 0 heterocycles. The number of rotatable bonds is 6. The maximum absolute atomic E-state index is 14.7. The molecule has 3 aliphatic rings. The van der Waals surface area contributed by atoms with Crippen molar-refractivity contribution in [2.45, 2.75) is 72.0 Å². The van der Waals surface area contributed by atoms with E-state index in [-0.39, 0.29) is 17.7 Å². The third-order valence-corrected chi connectivity index (χ3v) is 12.1. The molecular formula is C40H42O8. The molecule has 3 aliphatic carbocycles. The monoisotopic (exact) mass is 650 g/mol. The fourth-order valence-corrected chi connectivity index (χ4v) is 9.59. The van der Waals surface area contributed by atoms with Gasteiger partial charge in [-0.15, -0.1) is 0 Å². The molecule has 0 radical (unpaired) electrons. The predicted octanol–water partition coefficient (Wildman–Crippen LogP) is 5.12. The van der Waals surface area contributed by atoms with Gasteiger partial charge in [0.2, 0.25) is 0 Å². The molecule has 0 aromatic heterocycles. The molecule has 3 aromatic carbocycles. The second kappa shape index (κ2) is 11.1. The third-order valence-electron chi connectivity index (χ3n) is 12.1. The molecule has 250 valence electrons. The average Bonchev–Trinajstić information content (AvgIpc) is 3.02. The summed E-state index contributed by atoms with van der Waals surface area (Å²) >= 11 is 0. The Morgan fingerprint density at radius 1 is 0.917 bits per heavy atom. The van der Waals surface area contributed by atoms with Gasteiger partial charge in [-0.3, -0.25) is 24.0 Å². The lowest BCUT2D eigenvalue weighted by Crippen LogP contribution is -2.81. The molecule has 3 unspecified atom stereocenters. The van der Waals surface area contributed by atoms with E-state index >= 15 is 0 Å².